The van der Waals surface area contributed by atoms with Crippen molar-refractivity contribution in [3.05, 3.63) is 29.3 Å². The molecule has 2 aliphatic heterocycles. The van der Waals surface area contributed by atoms with Crippen LogP contribution in [0.3, 0.4) is 0 Å². The second-order valence-corrected chi connectivity index (χ2v) is 5.32. The number of hydrogen-bond donors (Lipinski definition) is 2. The highest BCUT2D eigenvalue weighted by molar-refractivity contribution is 6.02. The smallest absolute Gasteiger partial charge is 0.251 e. The van der Waals surface area contributed by atoms with E-state index in [9.17, 15) is 9.59 Å². The number of likely N-dealkylation sites (N-methyl/N-ethyl adjacent to an activating group) is 1. The van der Waals surface area contributed by atoms with Gasteiger partial charge in [-0.2, -0.15) is 0 Å². The normalized spacial score (nSPS) is 22.2. The number of rotatable bonds is 2. The summed E-state index contributed by atoms with van der Waals surface area (Å²) in [5.41, 5.74) is 2.33. The maximum absolute atomic E-state index is 12.1. The van der Waals surface area contributed by atoms with Gasteiger partial charge >= 0.3 is 0 Å². The summed E-state index contributed by atoms with van der Waals surface area (Å²) in [7, 11) is 2.05. The molecular formula is C14H17N3O2. The minimum atomic E-state index is -0.0655. The van der Waals surface area contributed by atoms with E-state index in [1.807, 2.05) is 6.07 Å². The zero-order valence-electron chi connectivity index (χ0n) is 10.9. The Hall–Kier alpha value is -1.88. The Morgan fingerprint density at radius 1 is 1.47 bits per heavy atom. The van der Waals surface area contributed by atoms with Gasteiger partial charge < -0.3 is 15.5 Å². The van der Waals surface area contributed by atoms with E-state index < -0.39 is 0 Å². The summed E-state index contributed by atoms with van der Waals surface area (Å²) in [4.78, 5) is 25.6. The van der Waals surface area contributed by atoms with Gasteiger partial charge in [-0.25, -0.2) is 0 Å². The zero-order chi connectivity index (χ0) is 13.4. The molecule has 0 saturated carbocycles. The van der Waals surface area contributed by atoms with Gasteiger partial charge in [0.1, 0.15) is 0 Å². The van der Waals surface area contributed by atoms with E-state index in [0.29, 0.717) is 12.0 Å². The van der Waals surface area contributed by atoms with Crippen LogP contribution >= 0.6 is 0 Å². The van der Waals surface area contributed by atoms with E-state index in [-0.39, 0.29) is 17.9 Å². The summed E-state index contributed by atoms with van der Waals surface area (Å²) in [5, 5.41) is 5.80. The van der Waals surface area contributed by atoms with Crippen molar-refractivity contribution < 1.29 is 9.59 Å². The molecule has 100 valence electrons. The molecule has 19 heavy (non-hydrogen) atoms. The minimum Gasteiger partial charge on any atom is -0.348 e. The molecule has 3 rings (SSSR count). The zero-order valence-corrected chi connectivity index (χ0v) is 10.9. The molecule has 1 aromatic rings. The van der Waals surface area contributed by atoms with E-state index in [2.05, 4.69) is 22.6 Å². The Morgan fingerprint density at radius 2 is 2.32 bits per heavy atom. The van der Waals surface area contributed by atoms with Crippen LogP contribution in [0.4, 0.5) is 5.69 Å². The van der Waals surface area contributed by atoms with Crippen LogP contribution in [-0.2, 0) is 11.2 Å². The number of likely N-dealkylation sites (tertiary alicyclic amines) is 1. The standard InChI is InChI=1S/C14H17N3O2/c1-17-5-4-11(8-17)15-14(19)10-3-2-9-7-13(18)16-12(9)6-10/h2-3,6,11H,4-5,7-8H2,1H3,(H,15,19)(H,16,18). The second-order valence-electron chi connectivity index (χ2n) is 5.32. The Labute approximate surface area is 112 Å². The molecule has 5 nitrogen and oxygen atoms in total. The largest absolute Gasteiger partial charge is 0.348 e. The summed E-state index contributed by atoms with van der Waals surface area (Å²) >= 11 is 0. The number of carbonyl (C=O) groups excluding carboxylic acids is 2. The van der Waals surface area contributed by atoms with Crippen LogP contribution in [0.1, 0.15) is 22.3 Å². The number of nitrogens with one attached hydrogen (secondary N) is 2. The van der Waals surface area contributed by atoms with Crippen molar-refractivity contribution in [1.29, 1.82) is 0 Å². The number of amides is 2. The van der Waals surface area contributed by atoms with Crippen molar-refractivity contribution in [2.75, 3.05) is 25.5 Å². The summed E-state index contributed by atoms with van der Waals surface area (Å²) in [6.07, 6.45) is 1.40. The summed E-state index contributed by atoms with van der Waals surface area (Å²) in [6.45, 7) is 1.92. The monoisotopic (exact) mass is 259 g/mol. The molecule has 0 bridgehead atoms. The molecule has 2 heterocycles. The molecule has 0 spiro atoms. The fourth-order valence-corrected chi connectivity index (χ4v) is 2.68. The molecule has 0 radical (unpaired) electrons. The predicted molar refractivity (Wildman–Crippen MR) is 72.1 cm³/mol. The number of benzene rings is 1. The van der Waals surface area contributed by atoms with Crippen molar-refractivity contribution in [3.63, 3.8) is 0 Å². The summed E-state index contributed by atoms with van der Waals surface area (Å²) < 4.78 is 0. The lowest BCUT2D eigenvalue weighted by Gasteiger charge is -2.13. The number of carbonyl (C=O) groups is 2. The third-order valence-corrected chi connectivity index (χ3v) is 3.72. The number of fused-ring (bicyclic) bond motifs is 1. The van der Waals surface area contributed by atoms with Gasteiger partial charge in [-0.3, -0.25) is 9.59 Å². The highest BCUT2D eigenvalue weighted by Gasteiger charge is 2.23. The minimum absolute atomic E-state index is 0.00928. The third kappa shape index (κ3) is 2.46. The van der Waals surface area contributed by atoms with E-state index in [4.69, 9.17) is 0 Å². The molecule has 5 heteroatoms. The van der Waals surface area contributed by atoms with Crippen LogP contribution in [0.25, 0.3) is 0 Å². The van der Waals surface area contributed by atoms with Gasteiger partial charge in [0, 0.05) is 23.8 Å². The van der Waals surface area contributed by atoms with Crippen LogP contribution in [0.5, 0.6) is 0 Å². The van der Waals surface area contributed by atoms with Gasteiger partial charge in [0.2, 0.25) is 5.91 Å². The van der Waals surface area contributed by atoms with Gasteiger partial charge in [-0.15, -0.1) is 0 Å². The quantitative estimate of drug-likeness (QED) is 0.818. The Bertz CT molecular complexity index is 541. The van der Waals surface area contributed by atoms with Crippen LogP contribution < -0.4 is 10.6 Å². The highest BCUT2D eigenvalue weighted by Crippen LogP contribution is 2.24. The molecule has 2 amide bonds. The van der Waals surface area contributed by atoms with Crippen molar-refractivity contribution >= 4 is 17.5 Å². The topological polar surface area (TPSA) is 61.4 Å². The Balaban J connectivity index is 1.71. The first kappa shape index (κ1) is 12.2. The number of nitrogens with zero attached hydrogens (tertiary/aromatic N) is 1. The molecule has 1 fully saturated rings. The van der Waals surface area contributed by atoms with E-state index in [0.717, 1.165) is 30.8 Å². The Morgan fingerprint density at radius 3 is 3.05 bits per heavy atom. The van der Waals surface area contributed by atoms with E-state index in [1.165, 1.54) is 0 Å². The molecule has 1 atom stereocenters. The maximum Gasteiger partial charge on any atom is 0.251 e. The van der Waals surface area contributed by atoms with Crippen LogP contribution in [0.15, 0.2) is 18.2 Å². The average Bonchev–Trinajstić information content (AvgIpc) is 2.93. The van der Waals surface area contributed by atoms with Gasteiger partial charge in [0.25, 0.3) is 5.91 Å². The predicted octanol–water partition coefficient (Wildman–Crippen LogP) is 0.615. The fraction of sp³-hybridized carbons (Fsp3) is 0.429. The molecule has 0 aromatic heterocycles. The maximum atomic E-state index is 12.1. The second kappa shape index (κ2) is 4.66. The molecular weight excluding hydrogens is 242 g/mol. The van der Waals surface area contributed by atoms with Gasteiger partial charge in [-0.05, 0) is 37.7 Å². The lowest BCUT2D eigenvalue weighted by atomic mass is 10.1. The van der Waals surface area contributed by atoms with Crippen molar-refractivity contribution in [1.82, 2.24) is 10.2 Å². The van der Waals surface area contributed by atoms with E-state index >= 15 is 0 Å². The molecule has 1 unspecified atom stereocenters. The Kier molecular flexibility index (Phi) is 2.98. The molecule has 2 aliphatic rings. The van der Waals surface area contributed by atoms with Crippen LogP contribution in [-0.4, -0.2) is 42.9 Å². The fourth-order valence-electron chi connectivity index (χ4n) is 2.68. The third-order valence-electron chi connectivity index (χ3n) is 3.72. The number of anilines is 1. The van der Waals surface area contributed by atoms with Crippen molar-refractivity contribution in [2.24, 2.45) is 0 Å². The van der Waals surface area contributed by atoms with Gasteiger partial charge in [0.05, 0.1) is 6.42 Å². The first-order valence-corrected chi connectivity index (χ1v) is 6.54. The number of hydrogen-bond acceptors (Lipinski definition) is 3. The van der Waals surface area contributed by atoms with Gasteiger partial charge in [0.15, 0.2) is 0 Å². The van der Waals surface area contributed by atoms with Crippen LogP contribution in [0.2, 0.25) is 0 Å². The summed E-state index contributed by atoms with van der Waals surface area (Å²) in [5.74, 6) is -0.0748. The van der Waals surface area contributed by atoms with Crippen molar-refractivity contribution in [3.8, 4) is 0 Å². The lowest BCUT2D eigenvalue weighted by molar-refractivity contribution is -0.115. The SMILES string of the molecule is CN1CCC(NC(=O)c2ccc3c(c2)NC(=O)C3)C1. The molecule has 2 N–H and O–H groups in total. The lowest BCUT2D eigenvalue weighted by Crippen LogP contribution is -2.36. The first-order valence-electron chi connectivity index (χ1n) is 6.54. The molecule has 0 aliphatic carbocycles. The average molecular weight is 259 g/mol. The van der Waals surface area contributed by atoms with Crippen molar-refractivity contribution in [2.45, 2.75) is 18.9 Å². The van der Waals surface area contributed by atoms with Crippen LogP contribution in [0, 0.1) is 0 Å². The van der Waals surface area contributed by atoms with Gasteiger partial charge in [-0.1, -0.05) is 6.07 Å². The first-order chi connectivity index (χ1) is 9.11. The summed E-state index contributed by atoms with van der Waals surface area (Å²) in [6, 6.07) is 5.62. The molecule has 1 saturated heterocycles. The highest BCUT2D eigenvalue weighted by atomic mass is 16.2. The molecule has 1 aromatic carbocycles. The van der Waals surface area contributed by atoms with E-state index in [1.54, 1.807) is 12.1 Å².